The van der Waals surface area contributed by atoms with Crippen LogP contribution in [0.25, 0.3) is 21.8 Å². The zero-order valence-electron chi connectivity index (χ0n) is 13.4. The van der Waals surface area contributed by atoms with E-state index in [2.05, 4.69) is 50.4 Å². The fourth-order valence-corrected chi connectivity index (χ4v) is 2.99. The predicted octanol–water partition coefficient (Wildman–Crippen LogP) is 3.83. The number of H-pyrrole nitrogens is 1. The molecule has 0 aliphatic carbocycles. The van der Waals surface area contributed by atoms with Gasteiger partial charge in [-0.3, -0.25) is 4.79 Å². The lowest BCUT2D eigenvalue weighted by molar-refractivity contribution is 0.101. The summed E-state index contributed by atoms with van der Waals surface area (Å²) >= 11 is 0. The minimum absolute atomic E-state index is 0.194. The van der Waals surface area contributed by atoms with E-state index in [1.807, 2.05) is 18.2 Å². The van der Waals surface area contributed by atoms with Crippen molar-refractivity contribution < 1.29 is 9.42 Å². The summed E-state index contributed by atoms with van der Waals surface area (Å²) in [4.78, 5) is 15.7. The van der Waals surface area contributed by atoms with Gasteiger partial charge in [-0.25, -0.2) is 4.63 Å². The molecule has 24 heavy (non-hydrogen) atoms. The van der Waals surface area contributed by atoms with Crippen LogP contribution in [-0.2, 0) is 6.42 Å². The lowest BCUT2D eigenvalue weighted by Crippen LogP contribution is -2.13. The summed E-state index contributed by atoms with van der Waals surface area (Å²) in [7, 11) is 0. The molecule has 6 nitrogen and oxygen atoms in total. The molecule has 2 aromatic carbocycles. The Bertz CT molecular complexity index is 1060. The van der Waals surface area contributed by atoms with Gasteiger partial charge in [-0.15, -0.1) is 0 Å². The van der Waals surface area contributed by atoms with Gasteiger partial charge in [0.1, 0.15) is 5.69 Å². The second-order valence-electron chi connectivity index (χ2n) is 5.73. The Balaban J connectivity index is 1.74. The van der Waals surface area contributed by atoms with Gasteiger partial charge in [-0.2, -0.15) is 0 Å². The maximum Gasteiger partial charge on any atom is 0.279 e. The van der Waals surface area contributed by atoms with E-state index in [0.717, 1.165) is 22.8 Å². The number of aromatic nitrogens is 3. The summed E-state index contributed by atoms with van der Waals surface area (Å²) in [6, 6.07) is 12.1. The summed E-state index contributed by atoms with van der Waals surface area (Å²) in [6.07, 6.45) is 0.964. The summed E-state index contributed by atoms with van der Waals surface area (Å²) in [5, 5.41) is 12.4. The molecule has 0 unspecified atom stereocenters. The summed E-state index contributed by atoms with van der Waals surface area (Å²) in [5.41, 5.74) is 4.76. The van der Waals surface area contributed by atoms with Gasteiger partial charge < -0.3 is 10.3 Å². The molecule has 4 rings (SSSR count). The first-order valence-corrected chi connectivity index (χ1v) is 7.81. The Labute approximate surface area is 137 Å². The number of hydrogen-bond acceptors (Lipinski definition) is 4. The highest BCUT2D eigenvalue weighted by molar-refractivity contribution is 6.10. The first kappa shape index (κ1) is 14.4. The third kappa shape index (κ3) is 2.23. The lowest BCUT2D eigenvalue weighted by Gasteiger charge is -2.03. The minimum Gasteiger partial charge on any atom is -0.354 e. The van der Waals surface area contributed by atoms with Crippen LogP contribution in [0.4, 0.5) is 5.69 Å². The first-order chi connectivity index (χ1) is 11.7. The number of aryl methyl sites for hydroxylation is 2. The van der Waals surface area contributed by atoms with Crippen molar-refractivity contribution in [2.75, 3.05) is 5.32 Å². The lowest BCUT2D eigenvalue weighted by atomic mass is 10.1. The molecule has 0 spiro atoms. The van der Waals surface area contributed by atoms with Gasteiger partial charge in [0, 0.05) is 27.5 Å². The number of carbonyl (C=O) groups excluding carboxylic acids is 1. The number of para-hydroxylation sites is 1. The average Bonchev–Trinajstić information content (AvgIpc) is 3.17. The van der Waals surface area contributed by atoms with Gasteiger partial charge in [0.05, 0.1) is 0 Å². The number of aromatic amines is 1. The second-order valence-corrected chi connectivity index (χ2v) is 5.73. The second kappa shape index (κ2) is 5.49. The normalized spacial score (nSPS) is 11.2. The largest absolute Gasteiger partial charge is 0.354 e. The van der Waals surface area contributed by atoms with Crippen LogP contribution in [0.2, 0.25) is 0 Å². The fraction of sp³-hybridized carbons (Fsp3) is 0.167. The van der Waals surface area contributed by atoms with E-state index in [0.29, 0.717) is 11.4 Å². The molecular weight excluding hydrogens is 304 g/mol. The Morgan fingerprint density at radius 1 is 1.21 bits per heavy atom. The zero-order valence-corrected chi connectivity index (χ0v) is 13.4. The van der Waals surface area contributed by atoms with E-state index in [1.54, 1.807) is 6.92 Å². The van der Waals surface area contributed by atoms with Crippen molar-refractivity contribution >= 4 is 33.4 Å². The number of anilines is 1. The molecule has 0 atom stereocenters. The molecule has 2 N–H and O–H groups in total. The van der Waals surface area contributed by atoms with Gasteiger partial charge in [-0.1, -0.05) is 36.3 Å². The van der Waals surface area contributed by atoms with Crippen LogP contribution in [0.15, 0.2) is 41.0 Å². The predicted molar refractivity (Wildman–Crippen MR) is 92.2 cm³/mol. The Morgan fingerprint density at radius 3 is 2.83 bits per heavy atom. The standard InChI is InChI=1S/C18H16N4O2/c1-3-11-5-4-6-14-13-8-7-12(9-15(13)20-17(11)14)19-18(23)16-10(2)21-24-22-16/h4-9,20H,3H2,1-2H3,(H,19,23). The van der Waals surface area contributed by atoms with E-state index >= 15 is 0 Å². The highest BCUT2D eigenvalue weighted by Gasteiger charge is 2.15. The van der Waals surface area contributed by atoms with E-state index in [1.165, 1.54) is 10.9 Å². The third-order valence-electron chi connectivity index (χ3n) is 4.23. The van der Waals surface area contributed by atoms with E-state index in [9.17, 15) is 4.79 Å². The Hall–Kier alpha value is -3.15. The molecule has 1 amide bonds. The number of rotatable bonds is 3. The van der Waals surface area contributed by atoms with Gasteiger partial charge in [-0.05, 0) is 36.2 Å². The quantitative estimate of drug-likeness (QED) is 0.601. The number of amides is 1. The third-order valence-corrected chi connectivity index (χ3v) is 4.23. The van der Waals surface area contributed by atoms with Crippen LogP contribution in [0.5, 0.6) is 0 Å². The summed E-state index contributed by atoms with van der Waals surface area (Å²) in [6.45, 7) is 3.82. The maximum absolute atomic E-state index is 12.2. The number of nitrogens with one attached hydrogen (secondary N) is 2. The van der Waals surface area contributed by atoms with Crippen LogP contribution in [0.1, 0.15) is 28.7 Å². The van der Waals surface area contributed by atoms with Gasteiger partial charge in [0.25, 0.3) is 5.91 Å². The minimum atomic E-state index is -0.335. The monoisotopic (exact) mass is 320 g/mol. The fourth-order valence-electron chi connectivity index (χ4n) is 2.99. The SMILES string of the molecule is CCc1cccc2c1[nH]c1cc(NC(=O)c3nonc3C)ccc12. The summed E-state index contributed by atoms with van der Waals surface area (Å²) in [5.74, 6) is -0.335. The molecule has 0 bridgehead atoms. The number of carbonyl (C=O) groups is 1. The smallest absolute Gasteiger partial charge is 0.279 e. The molecule has 6 heteroatoms. The molecule has 120 valence electrons. The number of nitrogens with zero attached hydrogens (tertiary/aromatic N) is 2. The van der Waals surface area contributed by atoms with Crippen molar-refractivity contribution in [1.82, 2.24) is 15.3 Å². The van der Waals surface area contributed by atoms with Crippen molar-refractivity contribution in [3.8, 4) is 0 Å². The van der Waals surface area contributed by atoms with E-state index < -0.39 is 0 Å². The molecule has 0 aliphatic heterocycles. The zero-order chi connectivity index (χ0) is 16.7. The first-order valence-electron chi connectivity index (χ1n) is 7.81. The highest BCUT2D eigenvalue weighted by Crippen LogP contribution is 2.29. The number of benzene rings is 2. The van der Waals surface area contributed by atoms with Gasteiger partial charge in [0.15, 0.2) is 5.69 Å². The Morgan fingerprint density at radius 2 is 2.08 bits per heavy atom. The van der Waals surface area contributed by atoms with Crippen LogP contribution in [0, 0.1) is 6.92 Å². The van der Waals surface area contributed by atoms with Crippen molar-refractivity contribution in [3.63, 3.8) is 0 Å². The number of fused-ring (bicyclic) bond motifs is 3. The maximum atomic E-state index is 12.2. The molecule has 0 fully saturated rings. The molecule has 0 radical (unpaired) electrons. The summed E-state index contributed by atoms with van der Waals surface area (Å²) < 4.78 is 4.57. The van der Waals surface area contributed by atoms with Crippen LogP contribution >= 0.6 is 0 Å². The molecular formula is C18H16N4O2. The van der Waals surface area contributed by atoms with Crippen LogP contribution in [0.3, 0.4) is 0 Å². The topological polar surface area (TPSA) is 83.8 Å². The molecule has 0 aliphatic rings. The molecule has 4 aromatic rings. The highest BCUT2D eigenvalue weighted by atomic mass is 16.6. The van der Waals surface area contributed by atoms with Gasteiger partial charge in [0.2, 0.25) is 0 Å². The molecule has 2 aromatic heterocycles. The molecule has 0 saturated heterocycles. The van der Waals surface area contributed by atoms with Crippen LogP contribution in [-0.4, -0.2) is 21.2 Å². The van der Waals surface area contributed by atoms with E-state index in [4.69, 9.17) is 0 Å². The van der Waals surface area contributed by atoms with Crippen LogP contribution < -0.4 is 5.32 Å². The average molecular weight is 320 g/mol. The number of hydrogen-bond donors (Lipinski definition) is 2. The van der Waals surface area contributed by atoms with Crippen molar-refractivity contribution in [2.45, 2.75) is 20.3 Å². The van der Waals surface area contributed by atoms with E-state index in [-0.39, 0.29) is 11.6 Å². The van der Waals surface area contributed by atoms with Gasteiger partial charge >= 0.3 is 0 Å². The van der Waals surface area contributed by atoms with Crippen molar-refractivity contribution in [3.05, 3.63) is 53.3 Å². The van der Waals surface area contributed by atoms with Crippen molar-refractivity contribution in [2.24, 2.45) is 0 Å². The Kier molecular flexibility index (Phi) is 3.30. The molecule has 2 heterocycles. The van der Waals surface area contributed by atoms with Crippen molar-refractivity contribution in [1.29, 1.82) is 0 Å². The molecule has 0 saturated carbocycles.